The summed E-state index contributed by atoms with van der Waals surface area (Å²) >= 11 is 5.96. The highest BCUT2D eigenvalue weighted by atomic mass is 35.5. The van der Waals surface area contributed by atoms with Crippen molar-refractivity contribution in [3.05, 3.63) is 71.4 Å². The molecule has 116 valence electrons. The molecule has 0 radical (unpaired) electrons. The van der Waals surface area contributed by atoms with Crippen LogP contribution in [0.15, 0.2) is 65.2 Å². The van der Waals surface area contributed by atoms with Gasteiger partial charge in [-0.1, -0.05) is 47.1 Å². The van der Waals surface area contributed by atoms with Crippen LogP contribution in [-0.2, 0) is 6.54 Å². The second-order valence-corrected chi connectivity index (χ2v) is 5.33. The Labute approximate surface area is 137 Å². The van der Waals surface area contributed by atoms with Gasteiger partial charge in [-0.2, -0.15) is 0 Å². The molecule has 0 saturated carbocycles. The molecule has 0 fully saturated rings. The molecule has 2 aromatic carbocycles. The Morgan fingerprint density at radius 2 is 1.91 bits per heavy atom. The summed E-state index contributed by atoms with van der Waals surface area (Å²) in [5, 5.41) is 14.0. The summed E-state index contributed by atoms with van der Waals surface area (Å²) in [5.74, 6) is 0.450. The highest BCUT2D eigenvalue weighted by molar-refractivity contribution is 6.30. The van der Waals surface area contributed by atoms with E-state index in [1.807, 2.05) is 18.2 Å². The van der Waals surface area contributed by atoms with E-state index in [1.165, 1.54) is 4.90 Å². The molecule has 0 unspecified atom stereocenters. The van der Waals surface area contributed by atoms with Crippen molar-refractivity contribution in [2.24, 2.45) is 0 Å². The first-order valence-corrected chi connectivity index (χ1v) is 7.28. The van der Waals surface area contributed by atoms with Gasteiger partial charge in [0.15, 0.2) is 5.76 Å². The fraction of sp³-hybridized carbons (Fsp3) is 0.0588. The van der Waals surface area contributed by atoms with Gasteiger partial charge in [-0.05, 0) is 24.3 Å². The van der Waals surface area contributed by atoms with Gasteiger partial charge in [0.1, 0.15) is 5.69 Å². The molecule has 0 atom stereocenters. The van der Waals surface area contributed by atoms with E-state index in [0.29, 0.717) is 22.2 Å². The van der Waals surface area contributed by atoms with E-state index in [-0.39, 0.29) is 6.54 Å². The van der Waals surface area contributed by atoms with Gasteiger partial charge in [-0.15, -0.1) is 0 Å². The number of halogens is 1. The van der Waals surface area contributed by atoms with Gasteiger partial charge in [0.25, 0.3) is 0 Å². The monoisotopic (exact) mass is 328 g/mol. The predicted molar refractivity (Wildman–Crippen MR) is 87.6 cm³/mol. The lowest BCUT2D eigenvalue weighted by atomic mass is 10.1. The van der Waals surface area contributed by atoms with E-state index in [9.17, 15) is 9.90 Å². The van der Waals surface area contributed by atoms with Gasteiger partial charge in [0, 0.05) is 22.3 Å². The van der Waals surface area contributed by atoms with Crippen LogP contribution in [0, 0.1) is 0 Å². The molecule has 5 nitrogen and oxygen atoms in total. The number of carboxylic acid groups (broad SMARTS) is 1. The number of anilines is 1. The van der Waals surface area contributed by atoms with Crippen LogP contribution >= 0.6 is 11.6 Å². The first-order chi connectivity index (χ1) is 11.1. The van der Waals surface area contributed by atoms with Crippen molar-refractivity contribution in [2.45, 2.75) is 6.54 Å². The molecule has 0 aliphatic carbocycles. The van der Waals surface area contributed by atoms with Crippen molar-refractivity contribution in [1.29, 1.82) is 0 Å². The zero-order valence-corrected chi connectivity index (χ0v) is 12.8. The van der Waals surface area contributed by atoms with Crippen LogP contribution in [0.4, 0.5) is 10.5 Å². The van der Waals surface area contributed by atoms with Gasteiger partial charge in [0.2, 0.25) is 0 Å². The molecule has 0 spiro atoms. The summed E-state index contributed by atoms with van der Waals surface area (Å²) in [6.07, 6.45) is -1.06. The van der Waals surface area contributed by atoms with Gasteiger partial charge < -0.3 is 9.63 Å². The summed E-state index contributed by atoms with van der Waals surface area (Å²) in [7, 11) is 0. The van der Waals surface area contributed by atoms with E-state index in [0.717, 1.165) is 5.56 Å². The van der Waals surface area contributed by atoms with E-state index < -0.39 is 6.09 Å². The number of hydrogen-bond acceptors (Lipinski definition) is 3. The van der Waals surface area contributed by atoms with Gasteiger partial charge in [-0.25, -0.2) is 4.79 Å². The lowest BCUT2D eigenvalue weighted by Gasteiger charge is -2.17. The third-order valence-corrected chi connectivity index (χ3v) is 3.53. The standard InChI is InChI=1S/C17H13ClN2O3/c18-13-6-4-5-12(9-13)16-10-15(23-19-16)11-20(17(21)22)14-7-2-1-3-8-14/h1-10H,11H2,(H,21,22). The Hall–Kier alpha value is -2.79. The van der Waals surface area contributed by atoms with Gasteiger partial charge >= 0.3 is 6.09 Å². The average Bonchev–Trinajstić information content (AvgIpc) is 3.02. The fourth-order valence-electron chi connectivity index (χ4n) is 2.20. The lowest BCUT2D eigenvalue weighted by Crippen LogP contribution is -2.28. The van der Waals surface area contributed by atoms with Crippen LogP contribution in [0.2, 0.25) is 5.02 Å². The van der Waals surface area contributed by atoms with Crippen molar-refractivity contribution in [2.75, 3.05) is 4.90 Å². The van der Waals surface area contributed by atoms with Crippen LogP contribution in [0.1, 0.15) is 5.76 Å². The van der Waals surface area contributed by atoms with Crippen molar-refractivity contribution < 1.29 is 14.4 Å². The molecule has 6 heteroatoms. The molecule has 23 heavy (non-hydrogen) atoms. The minimum Gasteiger partial charge on any atom is -0.465 e. The van der Waals surface area contributed by atoms with Crippen molar-refractivity contribution in [3.63, 3.8) is 0 Å². The highest BCUT2D eigenvalue weighted by Gasteiger charge is 2.17. The maximum Gasteiger partial charge on any atom is 0.412 e. The molecule has 1 amide bonds. The Balaban J connectivity index is 1.84. The zero-order valence-electron chi connectivity index (χ0n) is 12.0. The van der Waals surface area contributed by atoms with E-state index in [4.69, 9.17) is 16.1 Å². The second-order valence-electron chi connectivity index (χ2n) is 4.89. The number of hydrogen-bond donors (Lipinski definition) is 1. The molecule has 3 rings (SSSR count). The Morgan fingerprint density at radius 1 is 1.13 bits per heavy atom. The van der Waals surface area contributed by atoms with Crippen LogP contribution in [-0.4, -0.2) is 16.4 Å². The number of nitrogens with zero attached hydrogens (tertiary/aromatic N) is 2. The SMILES string of the molecule is O=C(O)N(Cc1cc(-c2cccc(Cl)c2)no1)c1ccccc1. The molecule has 0 saturated heterocycles. The van der Waals surface area contributed by atoms with Crippen LogP contribution < -0.4 is 4.90 Å². The second kappa shape index (κ2) is 6.54. The van der Waals surface area contributed by atoms with Crippen molar-refractivity contribution in [1.82, 2.24) is 5.16 Å². The third-order valence-electron chi connectivity index (χ3n) is 3.29. The molecule has 1 aromatic heterocycles. The third kappa shape index (κ3) is 3.52. The Morgan fingerprint density at radius 3 is 2.61 bits per heavy atom. The molecular formula is C17H13ClN2O3. The van der Waals surface area contributed by atoms with E-state index >= 15 is 0 Å². The van der Waals surface area contributed by atoms with Crippen LogP contribution in [0.3, 0.4) is 0 Å². The molecular weight excluding hydrogens is 316 g/mol. The van der Waals surface area contributed by atoms with Gasteiger partial charge in [-0.3, -0.25) is 4.90 Å². The quantitative estimate of drug-likeness (QED) is 0.755. The van der Waals surface area contributed by atoms with Gasteiger partial charge in [0.05, 0.1) is 6.54 Å². The molecule has 1 N–H and O–H groups in total. The Bertz CT molecular complexity index is 817. The number of rotatable bonds is 4. The molecule has 0 aliphatic heterocycles. The lowest BCUT2D eigenvalue weighted by molar-refractivity contribution is 0.200. The number of carbonyl (C=O) groups is 1. The summed E-state index contributed by atoms with van der Waals surface area (Å²) in [4.78, 5) is 12.7. The van der Waals surface area contributed by atoms with E-state index in [2.05, 4.69) is 5.16 Å². The number of aromatic nitrogens is 1. The number of amides is 1. The Kier molecular flexibility index (Phi) is 4.30. The van der Waals surface area contributed by atoms with Crippen molar-refractivity contribution >= 4 is 23.4 Å². The topological polar surface area (TPSA) is 66.6 Å². The molecule has 0 aliphatic rings. The summed E-state index contributed by atoms with van der Waals surface area (Å²) < 4.78 is 5.26. The fourth-order valence-corrected chi connectivity index (χ4v) is 2.39. The van der Waals surface area contributed by atoms with Crippen molar-refractivity contribution in [3.8, 4) is 11.3 Å². The average molecular weight is 329 g/mol. The smallest absolute Gasteiger partial charge is 0.412 e. The minimum atomic E-state index is -1.06. The summed E-state index contributed by atoms with van der Waals surface area (Å²) in [5.41, 5.74) is 2.00. The van der Waals surface area contributed by atoms with E-state index in [1.54, 1.807) is 42.5 Å². The summed E-state index contributed by atoms with van der Waals surface area (Å²) in [6.45, 7) is 0.0763. The maximum absolute atomic E-state index is 11.5. The maximum atomic E-state index is 11.5. The largest absolute Gasteiger partial charge is 0.465 e. The molecule has 0 bridgehead atoms. The van der Waals surface area contributed by atoms with Crippen LogP contribution in [0.5, 0.6) is 0 Å². The number of benzene rings is 2. The van der Waals surface area contributed by atoms with Crippen LogP contribution in [0.25, 0.3) is 11.3 Å². The zero-order chi connectivity index (χ0) is 16.2. The minimum absolute atomic E-state index is 0.0763. The predicted octanol–water partition coefficient (Wildman–Crippen LogP) is 4.68. The normalized spacial score (nSPS) is 10.5. The summed E-state index contributed by atoms with van der Waals surface area (Å²) in [6, 6.07) is 17.8. The first kappa shape index (κ1) is 15.1. The highest BCUT2D eigenvalue weighted by Crippen LogP contribution is 2.24. The molecule has 3 aromatic rings. The molecule has 1 heterocycles. The first-order valence-electron chi connectivity index (χ1n) is 6.90. The number of para-hydroxylation sites is 1.